The van der Waals surface area contributed by atoms with Crippen LogP contribution in [0.1, 0.15) is 45.4 Å². The van der Waals surface area contributed by atoms with Crippen molar-refractivity contribution in [3.05, 3.63) is 24.3 Å². The van der Waals surface area contributed by atoms with Crippen LogP contribution in [-0.2, 0) is 0 Å². The molecular weight excluding hydrogens is 251 g/mol. The molecule has 20 heavy (non-hydrogen) atoms. The van der Waals surface area contributed by atoms with Gasteiger partial charge in [0.15, 0.2) is 0 Å². The lowest BCUT2D eigenvalue weighted by Gasteiger charge is -2.31. The molecule has 1 aromatic rings. The maximum Gasteiger partial charge on any atom is 0.455 e. The van der Waals surface area contributed by atoms with Crippen molar-refractivity contribution >= 4 is 24.2 Å². The van der Waals surface area contributed by atoms with Gasteiger partial charge in [0.25, 0.3) is 0 Å². The molecule has 0 bridgehead atoms. The third kappa shape index (κ3) is 3.54. The highest BCUT2D eigenvalue weighted by atomic mass is 16.2. The summed E-state index contributed by atoms with van der Waals surface area (Å²) in [6, 6.07) is 7.20. The number of carbonyl (C=O) groups excluding carboxylic acids is 1. The van der Waals surface area contributed by atoms with E-state index in [9.17, 15) is 9.82 Å². The van der Waals surface area contributed by atoms with E-state index in [-0.39, 0.29) is 6.03 Å². The Kier molecular flexibility index (Phi) is 5.47. The van der Waals surface area contributed by atoms with Gasteiger partial charge in [-0.3, -0.25) is 0 Å². The summed E-state index contributed by atoms with van der Waals surface area (Å²) in [5, 5.41) is 13.1. The van der Waals surface area contributed by atoms with Crippen molar-refractivity contribution in [3.63, 3.8) is 0 Å². The van der Waals surface area contributed by atoms with Crippen LogP contribution < -0.4 is 10.8 Å². The second-order valence-electron chi connectivity index (χ2n) is 5.35. The fourth-order valence-electron chi connectivity index (χ4n) is 2.59. The van der Waals surface area contributed by atoms with Gasteiger partial charge in [-0.05, 0) is 17.9 Å². The molecule has 1 aromatic carbocycles. The Morgan fingerprint density at radius 2 is 1.85 bits per heavy atom. The predicted molar refractivity (Wildman–Crippen MR) is 83.1 cm³/mol. The Morgan fingerprint density at radius 3 is 2.65 bits per heavy atom. The minimum Gasteiger partial charge on any atom is -0.428 e. The van der Waals surface area contributed by atoms with Gasteiger partial charge >= 0.3 is 13.1 Å². The van der Waals surface area contributed by atoms with Crippen LogP contribution >= 0.6 is 0 Å². The third-order valence-corrected chi connectivity index (χ3v) is 3.79. The Morgan fingerprint density at radius 1 is 1.15 bits per heavy atom. The number of hydrogen-bond acceptors (Lipinski definition) is 2. The minimum atomic E-state index is -0.824. The van der Waals surface area contributed by atoms with Crippen LogP contribution in [-0.4, -0.2) is 29.5 Å². The molecule has 0 saturated carbocycles. The van der Waals surface area contributed by atoms with Crippen LogP contribution in [0.2, 0.25) is 0 Å². The lowest BCUT2D eigenvalue weighted by Crippen LogP contribution is -2.58. The summed E-state index contributed by atoms with van der Waals surface area (Å²) in [5.41, 5.74) is 1.49. The molecule has 0 atom stereocenters. The number of rotatable bonds is 7. The third-order valence-electron chi connectivity index (χ3n) is 3.79. The molecule has 2 N–H and O–H groups in total. The average molecular weight is 274 g/mol. The van der Waals surface area contributed by atoms with E-state index >= 15 is 0 Å². The molecule has 0 radical (unpaired) electrons. The number of nitrogens with one attached hydrogen (secondary N) is 1. The smallest absolute Gasteiger partial charge is 0.428 e. The lowest BCUT2D eigenvalue weighted by molar-refractivity contribution is 0.230. The molecule has 5 heteroatoms. The van der Waals surface area contributed by atoms with E-state index in [0.717, 1.165) is 18.3 Å². The molecule has 1 heterocycles. The second-order valence-corrected chi connectivity index (χ2v) is 5.35. The Balaban J connectivity index is 1.85. The van der Waals surface area contributed by atoms with Gasteiger partial charge in [0.2, 0.25) is 0 Å². The number of hydrogen-bond donors (Lipinski definition) is 2. The number of unbranched alkanes of at least 4 members (excludes halogenated alkanes) is 5. The highest BCUT2D eigenvalue weighted by Crippen LogP contribution is 2.14. The van der Waals surface area contributed by atoms with Gasteiger partial charge in [0.1, 0.15) is 0 Å². The zero-order valence-corrected chi connectivity index (χ0v) is 12.1. The van der Waals surface area contributed by atoms with Crippen molar-refractivity contribution in [2.45, 2.75) is 45.4 Å². The molecule has 1 aliphatic rings. The molecule has 0 spiro atoms. The Hall–Kier alpha value is -1.49. The van der Waals surface area contributed by atoms with Gasteiger partial charge in [0.05, 0.1) is 0 Å². The SMILES string of the molecule is CCCCCCCCN1B(O)c2ccccc2NC1=O. The topological polar surface area (TPSA) is 52.6 Å². The van der Waals surface area contributed by atoms with Crippen molar-refractivity contribution in [1.29, 1.82) is 0 Å². The number of amides is 2. The first kappa shape index (κ1) is 14.9. The molecular formula is C15H23BN2O2. The number of urea groups is 1. The first-order valence-electron chi connectivity index (χ1n) is 7.58. The average Bonchev–Trinajstić information content (AvgIpc) is 2.45. The Bertz CT molecular complexity index is 453. The number of nitrogens with zero attached hydrogens (tertiary/aromatic N) is 1. The van der Waals surface area contributed by atoms with Crippen molar-refractivity contribution < 1.29 is 9.82 Å². The number of fused-ring (bicyclic) bond motifs is 1. The van der Waals surface area contributed by atoms with Crippen LogP contribution in [0, 0.1) is 0 Å². The summed E-state index contributed by atoms with van der Waals surface area (Å²) >= 11 is 0. The largest absolute Gasteiger partial charge is 0.455 e. The molecule has 1 aliphatic heterocycles. The molecule has 0 aliphatic carbocycles. The lowest BCUT2D eigenvalue weighted by atomic mass is 9.69. The molecule has 4 nitrogen and oxygen atoms in total. The fourth-order valence-corrected chi connectivity index (χ4v) is 2.59. The van der Waals surface area contributed by atoms with Crippen LogP contribution in [0.4, 0.5) is 10.5 Å². The monoisotopic (exact) mass is 274 g/mol. The fraction of sp³-hybridized carbons (Fsp3) is 0.533. The van der Waals surface area contributed by atoms with Crippen molar-refractivity contribution in [3.8, 4) is 0 Å². The molecule has 0 saturated heterocycles. The van der Waals surface area contributed by atoms with E-state index in [2.05, 4.69) is 12.2 Å². The van der Waals surface area contributed by atoms with Gasteiger partial charge in [-0.25, -0.2) is 4.79 Å². The maximum atomic E-state index is 12.0. The summed E-state index contributed by atoms with van der Waals surface area (Å²) in [7, 11) is -0.824. The summed E-state index contributed by atoms with van der Waals surface area (Å²) in [4.78, 5) is 13.5. The number of benzene rings is 1. The normalized spacial score (nSPS) is 14.2. The van der Waals surface area contributed by atoms with E-state index < -0.39 is 7.05 Å². The first-order chi connectivity index (χ1) is 9.74. The van der Waals surface area contributed by atoms with E-state index in [0.29, 0.717) is 12.2 Å². The van der Waals surface area contributed by atoms with Crippen LogP contribution in [0.15, 0.2) is 24.3 Å². The molecule has 0 aromatic heterocycles. The van der Waals surface area contributed by atoms with Gasteiger partial charge in [-0.1, -0.05) is 57.2 Å². The van der Waals surface area contributed by atoms with E-state index in [1.807, 2.05) is 24.3 Å². The minimum absolute atomic E-state index is 0.204. The van der Waals surface area contributed by atoms with E-state index in [1.54, 1.807) is 0 Å². The Labute approximate surface area is 121 Å². The van der Waals surface area contributed by atoms with E-state index in [4.69, 9.17) is 0 Å². The summed E-state index contributed by atoms with van der Waals surface area (Å²) < 4.78 is 0. The molecule has 0 fully saturated rings. The van der Waals surface area contributed by atoms with Gasteiger partial charge < -0.3 is 15.2 Å². The molecule has 2 rings (SSSR count). The number of carbonyl (C=O) groups is 1. The van der Waals surface area contributed by atoms with Crippen LogP contribution in [0.3, 0.4) is 0 Å². The van der Waals surface area contributed by atoms with Crippen LogP contribution in [0.5, 0.6) is 0 Å². The highest BCUT2D eigenvalue weighted by molar-refractivity contribution is 6.69. The molecule has 0 unspecified atom stereocenters. The van der Waals surface area contributed by atoms with Gasteiger partial charge in [-0.15, -0.1) is 0 Å². The second kappa shape index (κ2) is 7.34. The molecule has 2 amide bonds. The molecule has 108 valence electrons. The number of anilines is 1. The quantitative estimate of drug-likeness (QED) is 0.593. The summed E-state index contributed by atoms with van der Waals surface area (Å²) in [5.74, 6) is 0. The van der Waals surface area contributed by atoms with Crippen molar-refractivity contribution in [2.24, 2.45) is 0 Å². The van der Waals surface area contributed by atoms with Crippen molar-refractivity contribution in [1.82, 2.24) is 4.81 Å². The van der Waals surface area contributed by atoms with Gasteiger partial charge in [-0.2, -0.15) is 0 Å². The number of para-hydroxylation sites is 1. The van der Waals surface area contributed by atoms with Gasteiger partial charge in [0, 0.05) is 12.2 Å². The zero-order valence-electron chi connectivity index (χ0n) is 12.1. The zero-order chi connectivity index (χ0) is 14.4. The standard InChI is InChI=1S/C15H23BN2O2/c1-2-3-4-5-6-9-12-18-15(19)17-14-11-8-7-10-13(14)16(18)20/h7-8,10-11,20H,2-6,9,12H2,1H3,(H,17,19). The summed E-state index contributed by atoms with van der Waals surface area (Å²) in [6.07, 6.45) is 7.03. The van der Waals surface area contributed by atoms with E-state index in [1.165, 1.54) is 30.5 Å². The highest BCUT2D eigenvalue weighted by Gasteiger charge is 2.34. The first-order valence-corrected chi connectivity index (χ1v) is 7.58. The van der Waals surface area contributed by atoms with Crippen LogP contribution in [0.25, 0.3) is 0 Å². The predicted octanol–water partition coefficient (Wildman–Crippen LogP) is 2.58. The van der Waals surface area contributed by atoms with Crippen molar-refractivity contribution in [2.75, 3.05) is 11.9 Å². The summed E-state index contributed by atoms with van der Waals surface area (Å²) in [6.45, 7) is 2.80. The maximum absolute atomic E-state index is 12.0.